The van der Waals surface area contributed by atoms with Gasteiger partial charge in [-0.05, 0) is 33.6 Å². The number of hydrogen-bond acceptors (Lipinski definition) is 4. The molecule has 0 aliphatic heterocycles. The zero-order valence-corrected chi connectivity index (χ0v) is 10.6. The van der Waals surface area contributed by atoms with E-state index in [9.17, 15) is 17.6 Å². The van der Waals surface area contributed by atoms with Crippen molar-refractivity contribution >= 4 is 16.1 Å². The minimum absolute atomic E-state index is 0.162. The van der Waals surface area contributed by atoms with Gasteiger partial charge in [-0.1, -0.05) is 0 Å². The van der Waals surface area contributed by atoms with Gasteiger partial charge in [-0.15, -0.1) is 0 Å². The van der Waals surface area contributed by atoms with Crippen molar-refractivity contribution in [2.75, 3.05) is 12.4 Å². The molecule has 0 aliphatic rings. The number of nitrogens with one attached hydrogen (secondary N) is 1. The van der Waals surface area contributed by atoms with E-state index in [4.69, 9.17) is 4.74 Å². The van der Waals surface area contributed by atoms with Gasteiger partial charge < -0.3 is 4.74 Å². The van der Waals surface area contributed by atoms with Gasteiger partial charge in [0.25, 0.3) is 0 Å². The molecule has 0 saturated carbocycles. The lowest BCUT2D eigenvalue weighted by molar-refractivity contribution is 0.0570. The minimum atomic E-state index is -3.72. The third kappa shape index (κ3) is 8.46. The standard InChI is InChI=1S/C9H18FNO4S/c1-9(2,3)15-8(12)11-16(13,14)7-5-4-6-10/h4-7H2,1-3H3,(H,11,12). The van der Waals surface area contributed by atoms with E-state index < -0.39 is 28.4 Å². The van der Waals surface area contributed by atoms with Crippen molar-refractivity contribution in [3.63, 3.8) is 0 Å². The number of sulfonamides is 1. The fourth-order valence-corrected chi connectivity index (χ4v) is 1.85. The first-order valence-electron chi connectivity index (χ1n) is 4.96. The maximum atomic E-state index is 11.7. The summed E-state index contributed by atoms with van der Waals surface area (Å²) in [5.74, 6) is -0.282. The predicted octanol–water partition coefficient (Wildman–Crippen LogP) is 1.59. The molecule has 0 bridgehead atoms. The van der Waals surface area contributed by atoms with Gasteiger partial charge in [0.1, 0.15) is 5.60 Å². The Labute approximate surface area is 95.4 Å². The van der Waals surface area contributed by atoms with Crippen molar-refractivity contribution in [1.82, 2.24) is 4.72 Å². The first-order valence-corrected chi connectivity index (χ1v) is 6.61. The lowest BCUT2D eigenvalue weighted by Crippen LogP contribution is -2.37. The highest BCUT2D eigenvalue weighted by Gasteiger charge is 2.20. The van der Waals surface area contributed by atoms with Gasteiger partial charge in [0, 0.05) is 0 Å². The van der Waals surface area contributed by atoms with E-state index in [1.54, 1.807) is 25.5 Å². The SMILES string of the molecule is CC(C)(C)OC(=O)NS(=O)(=O)CCCCF. The van der Waals surface area contributed by atoms with Crippen LogP contribution in [0.5, 0.6) is 0 Å². The molecule has 0 aliphatic carbocycles. The van der Waals surface area contributed by atoms with Crippen LogP contribution in [0.4, 0.5) is 9.18 Å². The molecule has 0 heterocycles. The topological polar surface area (TPSA) is 72.5 Å². The summed E-state index contributed by atoms with van der Waals surface area (Å²) in [5.41, 5.74) is -0.751. The largest absolute Gasteiger partial charge is 0.443 e. The molecule has 96 valence electrons. The molecule has 0 aromatic rings. The van der Waals surface area contributed by atoms with E-state index >= 15 is 0 Å². The summed E-state index contributed by atoms with van der Waals surface area (Å²) in [5, 5.41) is 0. The maximum absolute atomic E-state index is 11.7. The van der Waals surface area contributed by atoms with Gasteiger partial charge in [0.2, 0.25) is 10.0 Å². The van der Waals surface area contributed by atoms with Crippen molar-refractivity contribution in [2.24, 2.45) is 0 Å². The Bertz CT molecular complexity index is 321. The summed E-state index contributed by atoms with van der Waals surface area (Å²) in [4.78, 5) is 11.1. The second-order valence-corrected chi connectivity index (χ2v) is 6.16. The molecular formula is C9H18FNO4S. The Balaban J connectivity index is 4.11. The molecule has 0 fully saturated rings. The number of halogens is 1. The minimum Gasteiger partial charge on any atom is -0.443 e. The monoisotopic (exact) mass is 255 g/mol. The van der Waals surface area contributed by atoms with Crippen LogP contribution in [0.3, 0.4) is 0 Å². The highest BCUT2D eigenvalue weighted by Crippen LogP contribution is 2.07. The van der Waals surface area contributed by atoms with Crippen LogP contribution in [0, 0.1) is 0 Å². The van der Waals surface area contributed by atoms with Gasteiger partial charge in [-0.2, -0.15) is 0 Å². The second kappa shape index (κ2) is 6.03. The molecule has 1 N–H and O–H groups in total. The summed E-state index contributed by atoms with van der Waals surface area (Å²) in [6.07, 6.45) is -0.670. The van der Waals surface area contributed by atoms with Crippen molar-refractivity contribution in [2.45, 2.75) is 39.2 Å². The Morgan fingerprint density at radius 3 is 2.31 bits per heavy atom. The van der Waals surface area contributed by atoms with Crippen LogP contribution in [0.1, 0.15) is 33.6 Å². The third-order valence-electron chi connectivity index (χ3n) is 1.43. The maximum Gasteiger partial charge on any atom is 0.421 e. The van der Waals surface area contributed by atoms with Gasteiger partial charge in [-0.25, -0.2) is 17.9 Å². The van der Waals surface area contributed by atoms with E-state index in [1.807, 2.05) is 0 Å². The molecule has 0 saturated heterocycles. The Morgan fingerprint density at radius 1 is 1.31 bits per heavy atom. The van der Waals surface area contributed by atoms with E-state index in [0.717, 1.165) is 0 Å². The van der Waals surface area contributed by atoms with Gasteiger partial charge in [0.05, 0.1) is 12.4 Å². The second-order valence-electron chi connectivity index (χ2n) is 4.32. The highest BCUT2D eigenvalue weighted by atomic mass is 32.2. The molecule has 7 heteroatoms. The average molecular weight is 255 g/mol. The molecule has 0 unspecified atom stereocenters. The number of carbonyl (C=O) groups is 1. The van der Waals surface area contributed by atoms with E-state index in [0.29, 0.717) is 0 Å². The Kier molecular flexibility index (Phi) is 5.71. The fraction of sp³-hybridized carbons (Fsp3) is 0.889. The third-order valence-corrected chi connectivity index (χ3v) is 2.74. The molecule has 16 heavy (non-hydrogen) atoms. The normalized spacial score (nSPS) is 12.2. The molecule has 0 rings (SSSR count). The van der Waals surface area contributed by atoms with E-state index in [-0.39, 0.29) is 18.6 Å². The smallest absolute Gasteiger partial charge is 0.421 e. The van der Waals surface area contributed by atoms with Crippen molar-refractivity contribution in [3.8, 4) is 0 Å². The van der Waals surface area contributed by atoms with Crippen molar-refractivity contribution in [3.05, 3.63) is 0 Å². The first-order chi connectivity index (χ1) is 7.16. The average Bonchev–Trinajstić information content (AvgIpc) is 1.98. The summed E-state index contributed by atoms with van der Waals surface area (Å²) < 4.78 is 40.8. The highest BCUT2D eigenvalue weighted by molar-refractivity contribution is 7.90. The van der Waals surface area contributed by atoms with Crippen molar-refractivity contribution < 1.29 is 22.3 Å². The summed E-state index contributed by atoms with van der Waals surface area (Å²) >= 11 is 0. The summed E-state index contributed by atoms with van der Waals surface area (Å²) in [6.45, 7) is 4.31. The first kappa shape index (κ1) is 15.2. The molecular weight excluding hydrogens is 237 g/mol. The Hall–Kier alpha value is -0.850. The fourth-order valence-electron chi connectivity index (χ4n) is 0.863. The van der Waals surface area contributed by atoms with Crippen LogP contribution in [0.15, 0.2) is 0 Å². The van der Waals surface area contributed by atoms with Gasteiger partial charge in [-0.3, -0.25) is 4.39 Å². The van der Waals surface area contributed by atoms with Crippen LogP contribution in [0.2, 0.25) is 0 Å². The van der Waals surface area contributed by atoms with Gasteiger partial charge >= 0.3 is 6.09 Å². The summed E-state index contributed by atoms with van der Waals surface area (Å²) in [6, 6.07) is 0. The molecule has 0 atom stereocenters. The summed E-state index contributed by atoms with van der Waals surface area (Å²) in [7, 11) is -3.72. The van der Waals surface area contributed by atoms with E-state index in [1.165, 1.54) is 0 Å². The number of unbranched alkanes of at least 4 members (excludes halogenated alkanes) is 1. The van der Waals surface area contributed by atoms with Crippen LogP contribution >= 0.6 is 0 Å². The number of carbonyl (C=O) groups excluding carboxylic acids is 1. The van der Waals surface area contributed by atoms with Crippen LogP contribution in [0.25, 0.3) is 0 Å². The number of alkyl halides is 1. The van der Waals surface area contributed by atoms with Crippen LogP contribution in [-0.4, -0.2) is 32.5 Å². The lowest BCUT2D eigenvalue weighted by atomic mass is 10.2. The zero-order valence-electron chi connectivity index (χ0n) is 9.75. The molecule has 0 aromatic heterocycles. The molecule has 0 spiro atoms. The zero-order chi connectivity index (χ0) is 12.8. The number of amides is 1. The number of hydrogen-bond donors (Lipinski definition) is 1. The number of rotatable bonds is 5. The lowest BCUT2D eigenvalue weighted by Gasteiger charge is -2.19. The van der Waals surface area contributed by atoms with E-state index in [2.05, 4.69) is 0 Å². The van der Waals surface area contributed by atoms with Crippen LogP contribution < -0.4 is 4.72 Å². The molecule has 1 amide bonds. The quantitative estimate of drug-likeness (QED) is 0.757. The van der Waals surface area contributed by atoms with Crippen LogP contribution in [-0.2, 0) is 14.8 Å². The molecule has 5 nitrogen and oxygen atoms in total. The Morgan fingerprint density at radius 2 is 1.88 bits per heavy atom. The predicted molar refractivity (Wildman–Crippen MR) is 58.4 cm³/mol. The number of ether oxygens (including phenoxy) is 1. The molecule has 0 radical (unpaired) electrons. The van der Waals surface area contributed by atoms with Gasteiger partial charge in [0.15, 0.2) is 0 Å². The molecule has 0 aromatic carbocycles. The van der Waals surface area contributed by atoms with Crippen molar-refractivity contribution in [1.29, 1.82) is 0 Å².